The number of nitrogens with zero attached hydrogens (tertiary/aromatic N) is 2. The van der Waals surface area contributed by atoms with Crippen molar-refractivity contribution in [1.82, 2.24) is 9.97 Å². The minimum absolute atomic E-state index is 0.271. The topological polar surface area (TPSA) is 58.2 Å². The molecule has 0 aromatic carbocycles. The Kier molecular flexibility index (Phi) is 3.24. The summed E-state index contributed by atoms with van der Waals surface area (Å²) in [7, 11) is 0. The van der Waals surface area contributed by atoms with Crippen molar-refractivity contribution in [1.29, 1.82) is 0 Å². The van der Waals surface area contributed by atoms with Crippen LogP contribution in [0.4, 0.5) is 5.82 Å². The molecule has 1 fully saturated rings. The van der Waals surface area contributed by atoms with E-state index in [9.17, 15) is 4.79 Å². The first-order chi connectivity index (χ1) is 7.66. The van der Waals surface area contributed by atoms with Gasteiger partial charge in [-0.1, -0.05) is 13.8 Å². The van der Waals surface area contributed by atoms with Gasteiger partial charge in [-0.3, -0.25) is 0 Å². The van der Waals surface area contributed by atoms with Crippen LogP contribution >= 0.6 is 0 Å². The van der Waals surface area contributed by atoms with Crippen molar-refractivity contribution in [2.75, 3.05) is 31.2 Å². The van der Waals surface area contributed by atoms with Gasteiger partial charge in [-0.25, -0.2) is 4.79 Å². The van der Waals surface area contributed by atoms with Crippen molar-refractivity contribution in [3.8, 4) is 0 Å². The molecule has 0 atom stereocenters. The minimum Gasteiger partial charge on any atom is -0.378 e. The molecule has 0 amide bonds. The average Bonchev–Trinajstić information content (AvgIpc) is 2.29. The van der Waals surface area contributed by atoms with Crippen molar-refractivity contribution in [3.63, 3.8) is 0 Å². The Balaban J connectivity index is 2.29. The lowest BCUT2D eigenvalue weighted by Gasteiger charge is -2.27. The van der Waals surface area contributed by atoms with E-state index in [1.807, 2.05) is 19.9 Å². The fourth-order valence-electron chi connectivity index (χ4n) is 1.73. The molecule has 0 saturated carbocycles. The number of nitrogens with one attached hydrogen (secondary N) is 1. The van der Waals surface area contributed by atoms with Crippen LogP contribution in [0, 0.1) is 0 Å². The molecule has 1 N–H and O–H groups in total. The first kappa shape index (κ1) is 11.1. The monoisotopic (exact) mass is 223 g/mol. The highest BCUT2D eigenvalue weighted by atomic mass is 16.5. The Hall–Kier alpha value is -1.36. The Morgan fingerprint density at radius 2 is 2.12 bits per heavy atom. The molecule has 0 unspecified atom stereocenters. The van der Waals surface area contributed by atoms with Gasteiger partial charge in [0.2, 0.25) is 0 Å². The summed E-state index contributed by atoms with van der Waals surface area (Å²) in [5.41, 5.74) is 0.661. The third-order valence-electron chi connectivity index (χ3n) is 2.71. The standard InChI is InChI=1S/C11H17N3O2/c1-8(2)9-7-10(13-11(15)12-9)14-3-5-16-6-4-14/h7-8H,3-6H2,1-2H3,(H,12,13,15). The Labute approximate surface area is 94.5 Å². The zero-order chi connectivity index (χ0) is 11.5. The summed E-state index contributed by atoms with van der Waals surface area (Å²) in [6, 6.07) is 1.96. The molecule has 0 bridgehead atoms. The molecule has 5 nitrogen and oxygen atoms in total. The number of aromatic amines is 1. The molecule has 1 aliphatic rings. The Morgan fingerprint density at radius 3 is 2.75 bits per heavy atom. The van der Waals surface area contributed by atoms with Crippen molar-refractivity contribution in [3.05, 3.63) is 22.2 Å². The third-order valence-corrected chi connectivity index (χ3v) is 2.71. The maximum absolute atomic E-state index is 11.4. The molecule has 16 heavy (non-hydrogen) atoms. The van der Waals surface area contributed by atoms with Crippen LogP contribution in [-0.4, -0.2) is 36.3 Å². The van der Waals surface area contributed by atoms with E-state index in [0.29, 0.717) is 19.1 Å². The van der Waals surface area contributed by atoms with Gasteiger partial charge in [0, 0.05) is 24.8 Å². The van der Waals surface area contributed by atoms with Crippen LogP contribution in [0.3, 0.4) is 0 Å². The van der Waals surface area contributed by atoms with Gasteiger partial charge in [-0.2, -0.15) is 4.98 Å². The number of hydrogen-bond donors (Lipinski definition) is 1. The van der Waals surface area contributed by atoms with E-state index in [-0.39, 0.29) is 5.69 Å². The second kappa shape index (κ2) is 4.65. The highest BCUT2D eigenvalue weighted by molar-refractivity contribution is 5.39. The highest BCUT2D eigenvalue weighted by Gasteiger charge is 2.14. The van der Waals surface area contributed by atoms with E-state index in [4.69, 9.17) is 4.74 Å². The molecule has 88 valence electrons. The summed E-state index contributed by atoms with van der Waals surface area (Å²) < 4.78 is 5.27. The number of rotatable bonds is 2. The van der Waals surface area contributed by atoms with Gasteiger partial charge in [0.25, 0.3) is 0 Å². The van der Waals surface area contributed by atoms with Gasteiger partial charge in [0.15, 0.2) is 0 Å². The largest absolute Gasteiger partial charge is 0.378 e. The fourth-order valence-corrected chi connectivity index (χ4v) is 1.73. The van der Waals surface area contributed by atoms with Crippen LogP contribution < -0.4 is 10.6 Å². The predicted octanol–water partition coefficient (Wildman–Crippen LogP) is 0.730. The number of hydrogen-bond acceptors (Lipinski definition) is 4. The summed E-state index contributed by atoms with van der Waals surface area (Å²) >= 11 is 0. The van der Waals surface area contributed by atoms with E-state index in [2.05, 4.69) is 14.9 Å². The van der Waals surface area contributed by atoms with E-state index >= 15 is 0 Å². The lowest BCUT2D eigenvalue weighted by molar-refractivity contribution is 0.122. The van der Waals surface area contributed by atoms with Crippen LogP contribution in [0.2, 0.25) is 0 Å². The molecular weight excluding hydrogens is 206 g/mol. The molecular formula is C11H17N3O2. The molecule has 0 radical (unpaired) electrons. The molecule has 0 spiro atoms. The molecule has 2 heterocycles. The maximum atomic E-state index is 11.4. The third kappa shape index (κ3) is 2.41. The van der Waals surface area contributed by atoms with E-state index in [1.165, 1.54) is 0 Å². The quantitative estimate of drug-likeness (QED) is 0.803. The highest BCUT2D eigenvalue weighted by Crippen LogP contribution is 2.16. The molecule has 1 aromatic heterocycles. The Bertz CT molecular complexity index is 408. The minimum atomic E-state index is -0.271. The molecule has 2 rings (SSSR count). The number of anilines is 1. The lowest BCUT2D eigenvalue weighted by Crippen LogP contribution is -2.38. The zero-order valence-electron chi connectivity index (χ0n) is 9.69. The van der Waals surface area contributed by atoms with Gasteiger partial charge in [-0.05, 0) is 5.92 Å². The van der Waals surface area contributed by atoms with Gasteiger partial charge in [-0.15, -0.1) is 0 Å². The predicted molar refractivity (Wildman–Crippen MR) is 62.0 cm³/mol. The molecule has 5 heteroatoms. The lowest BCUT2D eigenvalue weighted by atomic mass is 10.1. The second-order valence-electron chi connectivity index (χ2n) is 4.25. The van der Waals surface area contributed by atoms with Crippen molar-refractivity contribution >= 4 is 5.82 Å². The van der Waals surface area contributed by atoms with Crippen LogP contribution in [0.1, 0.15) is 25.5 Å². The van der Waals surface area contributed by atoms with E-state index in [0.717, 1.165) is 24.6 Å². The van der Waals surface area contributed by atoms with E-state index < -0.39 is 0 Å². The summed E-state index contributed by atoms with van der Waals surface area (Å²) in [5, 5.41) is 0. The summed E-state index contributed by atoms with van der Waals surface area (Å²) in [6.45, 7) is 7.10. The second-order valence-corrected chi connectivity index (χ2v) is 4.25. The van der Waals surface area contributed by atoms with Crippen molar-refractivity contribution in [2.24, 2.45) is 0 Å². The SMILES string of the molecule is CC(C)c1cc(N2CCOCC2)nc(=O)[nH]1. The normalized spacial score (nSPS) is 16.8. The summed E-state index contributed by atoms with van der Waals surface area (Å²) in [5.74, 6) is 1.06. The number of aromatic nitrogens is 2. The maximum Gasteiger partial charge on any atom is 0.347 e. The molecule has 1 aromatic rings. The van der Waals surface area contributed by atoms with Gasteiger partial charge < -0.3 is 14.6 Å². The van der Waals surface area contributed by atoms with Gasteiger partial charge in [0.1, 0.15) is 5.82 Å². The van der Waals surface area contributed by atoms with Crippen molar-refractivity contribution in [2.45, 2.75) is 19.8 Å². The first-order valence-electron chi connectivity index (χ1n) is 5.61. The van der Waals surface area contributed by atoms with Crippen LogP contribution in [-0.2, 0) is 4.74 Å². The van der Waals surface area contributed by atoms with Crippen LogP contribution in [0.5, 0.6) is 0 Å². The fraction of sp³-hybridized carbons (Fsp3) is 0.636. The first-order valence-corrected chi connectivity index (χ1v) is 5.61. The zero-order valence-corrected chi connectivity index (χ0v) is 9.69. The van der Waals surface area contributed by atoms with Gasteiger partial charge in [0.05, 0.1) is 13.2 Å². The summed E-state index contributed by atoms with van der Waals surface area (Å²) in [4.78, 5) is 20.3. The smallest absolute Gasteiger partial charge is 0.347 e. The number of H-pyrrole nitrogens is 1. The molecule has 1 saturated heterocycles. The Morgan fingerprint density at radius 1 is 1.44 bits per heavy atom. The van der Waals surface area contributed by atoms with Gasteiger partial charge >= 0.3 is 5.69 Å². The van der Waals surface area contributed by atoms with E-state index in [1.54, 1.807) is 0 Å². The number of ether oxygens (including phenoxy) is 1. The van der Waals surface area contributed by atoms with Crippen LogP contribution in [0.15, 0.2) is 10.9 Å². The van der Waals surface area contributed by atoms with Crippen molar-refractivity contribution < 1.29 is 4.74 Å². The van der Waals surface area contributed by atoms with Crippen LogP contribution in [0.25, 0.3) is 0 Å². The molecule has 0 aliphatic carbocycles. The summed E-state index contributed by atoms with van der Waals surface area (Å²) in [6.07, 6.45) is 0. The number of morpholine rings is 1. The average molecular weight is 223 g/mol. The molecule has 1 aliphatic heterocycles.